The zero-order valence-corrected chi connectivity index (χ0v) is 11.4. The van der Waals surface area contributed by atoms with Gasteiger partial charge in [-0.25, -0.2) is 14.1 Å². The Labute approximate surface area is 115 Å². The molecule has 0 amide bonds. The molecular formula is C13H13ClFN3O. The highest BCUT2D eigenvalue weighted by Gasteiger charge is 2.18. The van der Waals surface area contributed by atoms with Crippen molar-refractivity contribution in [2.45, 2.75) is 26.3 Å². The number of rotatable bonds is 4. The largest absolute Gasteiger partial charge is 0.294 e. The van der Waals surface area contributed by atoms with Crippen LogP contribution in [0.2, 0.25) is 5.02 Å². The van der Waals surface area contributed by atoms with Gasteiger partial charge in [-0.05, 0) is 26.0 Å². The molecule has 1 aromatic heterocycles. The Morgan fingerprint density at radius 3 is 2.89 bits per heavy atom. The van der Waals surface area contributed by atoms with Gasteiger partial charge in [0.2, 0.25) is 0 Å². The standard InChI is InChI=1S/C13H13ClFN3O/c1-8(2)18-12(16-7-17-18)6-11(19)9-4-3-5-10(14)13(9)15/h3-5,7-8H,6H2,1-2H3. The predicted octanol–water partition coefficient (Wildman–Crippen LogP) is 3.08. The van der Waals surface area contributed by atoms with Crippen molar-refractivity contribution in [3.63, 3.8) is 0 Å². The summed E-state index contributed by atoms with van der Waals surface area (Å²) < 4.78 is 15.4. The minimum atomic E-state index is -0.690. The summed E-state index contributed by atoms with van der Waals surface area (Å²) in [6.07, 6.45) is 1.38. The summed E-state index contributed by atoms with van der Waals surface area (Å²) in [5.41, 5.74) is -0.0224. The number of benzene rings is 1. The van der Waals surface area contributed by atoms with Crippen LogP contribution in [0.3, 0.4) is 0 Å². The number of hydrogen-bond donors (Lipinski definition) is 0. The molecule has 0 spiro atoms. The molecule has 0 N–H and O–H groups in total. The van der Waals surface area contributed by atoms with E-state index in [0.717, 1.165) is 0 Å². The monoisotopic (exact) mass is 281 g/mol. The van der Waals surface area contributed by atoms with Gasteiger partial charge in [-0.2, -0.15) is 5.10 Å². The van der Waals surface area contributed by atoms with Crippen LogP contribution in [0.5, 0.6) is 0 Å². The molecule has 0 aliphatic carbocycles. The average molecular weight is 282 g/mol. The molecule has 1 aromatic carbocycles. The first-order valence-corrected chi connectivity index (χ1v) is 6.24. The lowest BCUT2D eigenvalue weighted by Gasteiger charge is -2.09. The van der Waals surface area contributed by atoms with Gasteiger partial charge in [-0.3, -0.25) is 4.79 Å². The van der Waals surface area contributed by atoms with Crippen LogP contribution in [0, 0.1) is 5.82 Å². The second-order valence-corrected chi connectivity index (χ2v) is 4.82. The molecule has 0 saturated heterocycles. The van der Waals surface area contributed by atoms with Crippen LogP contribution in [0.4, 0.5) is 4.39 Å². The fourth-order valence-electron chi connectivity index (χ4n) is 1.79. The summed E-state index contributed by atoms with van der Waals surface area (Å²) in [5.74, 6) is -0.543. The molecule has 19 heavy (non-hydrogen) atoms. The van der Waals surface area contributed by atoms with Crippen molar-refractivity contribution in [3.05, 3.63) is 46.8 Å². The van der Waals surface area contributed by atoms with Crippen LogP contribution in [-0.2, 0) is 6.42 Å². The number of carbonyl (C=O) groups excluding carboxylic acids is 1. The van der Waals surface area contributed by atoms with Crippen molar-refractivity contribution < 1.29 is 9.18 Å². The van der Waals surface area contributed by atoms with Crippen molar-refractivity contribution >= 4 is 17.4 Å². The van der Waals surface area contributed by atoms with Gasteiger partial charge in [-0.1, -0.05) is 17.7 Å². The van der Waals surface area contributed by atoms with E-state index >= 15 is 0 Å². The van der Waals surface area contributed by atoms with Gasteiger partial charge < -0.3 is 0 Å². The molecular weight excluding hydrogens is 269 g/mol. The number of carbonyl (C=O) groups is 1. The molecule has 100 valence electrons. The highest BCUT2D eigenvalue weighted by molar-refractivity contribution is 6.31. The third kappa shape index (κ3) is 2.81. The second-order valence-electron chi connectivity index (χ2n) is 4.42. The Morgan fingerprint density at radius 2 is 2.21 bits per heavy atom. The van der Waals surface area contributed by atoms with E-state index in [2.05, 4.69) is 10.1 Å². The predicted molar refractivity (Wildman–Crippen MR) is 69.9 cm³/mol. The number of Topliss-reactive ketones (excluding diaryl/α,β-unsaturated/α-hetero) is 1. The van der Waals surface area contributed by atoms with Crippen molar-refractivity contribution in [1.82, 2.24) is 14.8 Å². The minimum absolute atomic E-state index is 0.00452. The van der Waals surface area contributed by atoms with E-state index in [1.54, 1.807) is 10.7 Å². The lowest BCUT2D eigenvalue weighted by molar-refractivity contribution is 0.0985. The number of ketones is 1. The van der Waals surface area contributed by atoms with Crippen molar-refractivity contribution in [2.75, 3.05) is 0 Å². The van der Waals surface area contributed by atoms with Crippen LogP contribution in [0.15, 0.2) is 24.5 Å². The van der Waals surface area contributed by atoms with Crippen molar-refractivity contribution in [3.8, 4) is 0 Å². The summed E-state index contributed by atoms with van der Waals surface area (Å²) in [4.78, 5) is 16.1. The molecule has 0 atom stereocenters. The molecule has 1 heterocycles. The van der Waals surface area contributed by atoms with Crippen LogP contribution in [0.25, 0.3) is 0 Å². The molecule has 4 nitrogen and oxygen atoms in total. The fourth-order valence-corrected chi connectivity index (χ4v) is 1.96. The number of nitrogens with zero attached hydrogens (tertiary/aromatic N) is 3. The van der Waals surface area contributed by atoms with Gasteiger partial charge in [0, 0.05) is 6.04 Å². The average Bonchev–Trinajstić information content (AvgIpc) is 2.80. The molecule has 0 radical (unpaired) electrons. The van der Waals surface area contributed by atoms with E-state index in [4.69, 9.17) is 11.6 Å². The SMILES string of the molecule is CC(C)n1ncnc1CC(=O)c1cccc(Cl)c1F. The Morgan fingerprint density at radius 1 is 1.47 bits per heavy atom. The summed E-state index contributed by atoms with van der Waals surface area (Å²) in [6.45, 7) is 3.87. The van der Waals surface area contributed by atoms with Crippen LogP contribution in [-0.4, -0.2) is 20.5 Å². The summed E-state index contributed by atoms with van der Waals surface area (Å²) in [5, 5.41) is 3.98. The van der Waals surface area contributed by atoms with E-state index in [1.165, 1.54) is 18.5 Å². The second kappa shape index (κ2) is 5.48. The van der Waals surface area contributed by atoms with Crippen molar-refractivity contribution in [1.29, 1.82) is 0 Å². The lowest BCUT2D eigenvalue weighted by Crippen LogP contribution is -2.14. The first-order chi connectivity index (χ1) is 9.00. The Bertz CT molecular complexity index is 610. The number of aromatic nitrogens is 3. The van der Waals surface area contributed by atoms with Gasteiger partial charge >= 0.3 is 0 Å². The van der Waals surface area contributed by atoms with Gasteiger partial charge in [0.05, 0.1) is 17.0 Å². The molecule has 0 unspecified atom stereocenters. The van der Waals surface area contributed by atoms with E-state index in [1.807, 2.05) is 13.8 Å². The molecule has 0 aliphatic rings. The summed E-state index contributed by atoms with van der Waals surface area (Å²) in [7, 11) is 0. The van der Waals surface area contributed by atoms with Crippen LogP contribution >= 0.6 is 11.6 Å². The first-order valence-electron chi connectivity index (χ1n) is 5.86. The first kappa shape index (κ1) is 13.7. The smallest absolute Gasteiger partial charge is 0.173 e. The van der Waals surface area contributed by atoms with Crippen LogP contribution < -0.4 is 0 Å². The Balaban J connectivity index is 2.26. The van der Waals surface area contributed by atoms with Crippen LogP contribution in [0.1, 0.15) is 36.1 Å². The van der Waals surface area contributed by atoms with E-state index < -0.39 is 5.82 Å². The lowest BCUT2D eigenvalue weighted by atomic mass is 10.1. The maximum Gasteiger partial charge on any atom is 0.173 e. The zero-order chi connectivity index (χ0) is 14.0. The molecule has 0 fully saturated rings. The topological polar surface area (TPSA) is 47.8 Å². The highest BCUT2D eigenvalue weighted by atomic mass is 35.5. The molecule has 6 heteroatoms. The maximum absolute atomic E-state index is 13.7. The summed E-state index contributed by atoms with van der Waals surface area (Å²) in [6, 6.07) is 4.46. The Kier molecular flexibility index (Phi) is 3.95. The third-order valence-electron chi connectivity index (χ3n) is 2.71. The molecule has 0 bridgehead atoms. The van der Waals surface area contributed by atoms with Gasteiger partial charge in [0.15, 0.2) is 11.6 Å². The fraction of sp³-hybridized carbons (Fsp3) is 0.308. The normalized spacial score (nSPS) is 11.0. The highest BCUT2D eigenvalue weighted by Crippen LogP contribution is 2.19. The molecule has 0 saturated carbocycles. The number of halogens is 2. The Hall–Kier alpha value is -1.75. The summed E-state index contributed by atoms with van der Waals surface area (Å²) >= 11 is 5.66. The third-order valence-corrected chi connectivity index (χ3v) is 3.00. The van der Waals surface area contributed by atoms with Gasteiger partial charge in [-0.15, -0.1) is 0 Å². The molecule has 2 rings (SSSR count). The molecule has 0 aliphatic heterocycles. The van der Waals surface area contributed by atoms with Crippen molar-refractivity contribution in [2.24, 2.45) is 0 Å². The van der Waals surface area contributed by atoms with Gasteiger partial charge in [0.1, 0.15) is 12.2 Å². The van der Waals surface area contributed by atoms with E-state index in [-0.39, 0.29) is 28.8 Å². The minimum Gasteiger partial charge on any atom is -0.294 e. The number of hydrogen-bond acceptors (Lipinski definition) is 3. The van der Waals surface area contributed by atoms with E-state index in [9.17, 15) is 9.18 Å². The quantitative estimate of drug-likeness (QED) is 0.809. The molecule has 2 aromatic rings. The van der Waals surface area contributed by atoms with E-state index in [0.29, 0.717) is 5.82 Å². The van der Waals surface area contributed by atoms with Gasteiger partial charge in [0.25, 0.3) is 0 Å². The zero-order valence-electron chi connectivity index (χ0n) is 10.6. The maximum atomic E-state index is 13.7.